The highest BCUT2D eigenvalue weighted by molar-refractivity contribution is 9.10. The second-order valence-corrected chi connectivity index (χ2v) is 8.57. The Bertz CT molecular complexity index is 1040. The predicted octanol–water partition coefficient (Wildman–Crippen LogP) is 4.36. The van der Waals surface area contributed by atoms with Crippen LogP contribution in [-0.2, 0) is 9.53 Å². The highest BCUT2D eigenvalue weighted by Crippen LogP contribution is 2.38. The summed E-state index contributed by atoms with van der Waals surface area (Å²) < 4.78 is 11.5. The molecule has 1 N–H and O–H groups in total. The number of carboxylic acid groups (broad SMARTS) is 1. The van der Waals surface area contributed by atoms with Crippen molar-refractivity contribution >= 4 is 45.3 Å². The van der Waals surface area contributed by atoms with E-state index in [1.54, 1.807) is 23.1 Å². The van der Waals surface area contributed by atoms with Crippen LogP contribution in [0.25, 0.3) is 0 Å². The monoisotopic (exact) mass is 506 g/mol. The van der Waals surface area contributed by atoms with Crippen LogP contribution in [0.15, 0.2) is 51.9 Å². The van der Waals surface area contributed by atoms with E-state index < -0.39 is 18.1 Å². The number of morpholine rings is 1. The molecule has 0 saturated carbocycles. The van der Waals surface area contributed by atoms with Crippen molar-refractivity contribution in [3.05, 3.63) is 63.1 Å². The molecule has 4 rings (SSSR count). The second kappa shape index (κ2) is 9.38. The molecule has 2 aromatic carbocycles. The van der Waals surface area contributed by atoms with Crippen LogP contribution in [0.5, 0.6) is 5.75 Å². The summed E-state index contributed by atoms with van der Waals surface area (Å²) in [6.07, 6.45) is -0.0233. The number of aliphatic imine (C=N–C) groups is 1. The van der Waals surface area contributed by atoms with Crippen molar-refractivity contribution in [3.8, 4) is 5.75 Å². The van der Waals surface area contributed by atoms with Gasteiger partial charge >= 0.3 is 12.1 Å². The number of aliphatic carboxylic acids is 1. The second-order valence-electron chi connectivity index (χ2n) is 7.31. The molecule has 2 heterocycles. The third-order valence-electron chi connectivity index (χ3n) is 5.38. The number of hydrogen-bond acceptors (Lipinski definition) is 5. The number of hydrogen-bond donors (Lipinski definition) is 1. The van der Waals surface area contributed by atoms with Crippen molar-refractivity contribution in [1.29, 1.82) is 0 Å². The summed E-state index contributed by atoms with van der Waals surface area (Å²) in [4.78, 5) is 30.2. The molecule has 0 bridgehead atoms. The standard InChI is InChI=1S/C22H20BrClN2O5/c23-16-4-2-1-3-14(16)18-12-15(20(25-18)21(27)28)13-5-6-19(17(24)11-13)31-22(29)26-7-9-30-10-8-26/h1-6,11,15,20H,7-10,12H2,(H,27,28). The van der Waals surface area contributed by atoms with Gasteiger partial charge < -0.3 is 19.5 Å². The number of carbonyl (C=O) groups is 2. The van der Waals surface area contributed by atoms with E-state index in [-0.39, 0.29) is 16.7 Å². The summed E-state index contributed by atoms with van der Waals surface area (Å²) in [7, 11) is 0. The van der Waals surface area contributed by atoms with E-state index in [2.05, 4.69) is 20.9 Å². The fourth-order valence-corrected chi connectivity index (χ4v) is 4.51. The third-order valence-corrected chi connectivity index (χ3v) is 6.36. The summed E-state index contributed by atoms with van der Waals surface area (Å²) in [6.45, 7) is 1.87. The van der Waals surface area contributed by atoms with Gasteiger partial charge in [0.2, 0.25) is 0 Å². The molecule has 0 radical (unpaired) electrons. The fourth-order valence-electron chi connectivity index (χ4n) is 3.77. The molecular formula is C22H20BrClN2O5. The average Bonchev–Trinajstić information content (AvgIpc) is 3.21. The Morgan fingerprint density at radius 3 is 2.61 bits per heavy atom. The van der Waals surface area contributed by atoms with Gasteiger partial charge in [0, 0.05) is 34.8 Å². The number of amides is 1. The lowest BCUT2D eigenvalue weighted by atomic mass is 9.89. The van der Waals surface area contributed by atoms with Crippen molar-refractivity contribution in [2.45, 2.75) is 18.4 Å². The maximum Gasteiger partial charge on any atom is 0.415 e. The molecule has 2 aliphatic heterocycles. The van der Waals surface area contributed by atoms with E-state index in [1.165, 1.54) is 0 Å². The van der Waals surface area contributed by atoms with Crippen molar-refractivity contribution in [3.63, 3.8) is 0 Å². The smallest absolute Gasteiger partial charge is 0.415 e. The van der Waals surface area contributed by atoms with Gasteiger partial charge in [-0.2, -0.15) is 0 Å². The Kier molecular flexibility index (Phi) is 6.60. The summed E-state index contributed by atoms with van der Waals surface area (Å²) in [5.41, 5.74) is 2.33. The molecule has 0 aromatic heterocycles. The third kappa shape index (κ3) is 4.76. The lowest BCUT2D eigenvalue weighted by Gasteiger charge is -2.26. The lowest BCUT2D eigenvalue weighted by Crippen LogP contribution is -2.42. The van der Waals surface area contributed by atoms with Gasteiger partial charge in [-0.3, -0.25) is 4.99 Å². The van der Waals surface area contributed by atoms with Crippen molar-refractivity contribution in [2.75, 3.05) is 26.3 Å². The largest absolute Gasteiger partial charge is 0.480 e. The Balaban J connectivity index is 1.53. The first-order valence-electron chi connectivity index (χ1n) is 9.82. The number of ether oxygens (including phenoxy) is 2. The number of carboxylic acids is 1. The van der Waals surface area contributed by atoms with Crippen molar-refractivity contribution in [1.82, 2.24) is 4.90 Å². The number of halogens is 2. The van der Waals surface area contributed by atoms with Crippen molar-refractivity contribution < 1.29 is 24.2 Å². The molecule has 31 heavy (non-hydrogen) atoms. The zero-order valence-electron chi connectivity index (χ0n) is 16.5. The first-order chi connectivity index (χ1) is 14.9. The van der Waals surface area contributed by atoms with Gasteiger partial charge in [-0.1, -0.05) is 51.8 Å². The molecular weight excluding hydrogens is 488 g/mol. The maximum absolute atomic E-state index is 12.3. The van der Waals surface area contributed by atoms with E-state index in [0.29, 0.717) is 32.7 Å². The Hall–Kier alpha value is -2.42. The fraction of sp³-hybridized carbons (Fsp3) is 0.318. The van der Waals surface area contributed by atoms with Gasteiger partial charge in [0.15, 0.2) is 11.8 Å². The van der Waals surface area contributed by atoms with Crippen LogP contribution in [0.4, 0.5) is 4.79 Å². The minimum Gasteiger partial charge on any atom is -0.480 e. The van der Waals surface area contributed by atoms with E-state index in [9.17, 15) is 14.7 Å². The number of rotatable bonds is 4. The summed E-state index contributed by atoms with van der Waals surface area (Å²) in [6, 6.07) is 11.7. The minimum atomic E-state index is -0.994. The zero-order valence-corrected chi connectivity index (χ0v) is 18.8. The number of nitrogens with zero attached hydrogens (tertiary/aromatic N) is 2. The van der Waals surface area contributed by atoms with Crippen LogP contribution in [0.3, 0.4) is 0 Å². The molecule has 1 saturated heterocycles. The molecule has 2 unspecified atom stereocenters. The molecule has 2 atom stereocenters. The van der Waals surface area contributed by atoms with Crippen LogP contribution < -0.4 is 4.74 Å². The average molecular weight is 508 g/mol. The predicted molar refractivity (Wildman–Crippen MR) is 119 cm³/mol. The van der Waals surface area contributed by atoms with E-state index in [0.717, 1.165) is 21.3 Å². The number of benzene rings is 2. The Morgan fingerprint density at radius 2 is 1.94 bits per heavy atom. The van der Waals surface area contributed by atoms with Crippen LogP contribution in [-0.4, -0.2) is 60.1 Å². The summed E-state index contributed by atoms with van der Waals surface area (Å²) in [5, 5.41) is 9.98. The van der Waals surface area contributed by atoms with Gasteiger partial charge in [-0.05, 0) is 30.2 Å². The minimum absolute atomic E-state index is 0.235. The molecule has 1 fully saturated rings. The first-order valence-corrected chi connectivity index (χ1v) is 11.0. The summed E-state index contributed by atoms with van der Waals surface area (Å²) in [5.74, 6) is -1.13. The molecule has 9 heteroatoms. The zero-order chi connectivity index (χ0) is 22.0. The van der Waals surface area contributed by atoms with E-state index >= 15 is 0 Å². The molecule has 0 spiro atoms. The Morgan fingerprint density at radius 1 is 1.19 bits per heavy atom. The van der Waals surface area contributed by atoms with Crippen LogP contribution in [0.2, 0.25) is 5.02 Å². The van der Waals surface area contributed by atoms with Gasteiger partial charge in [0.25, 0.3) is 0 Å². The molecule has 2 aliphatic rings. The van der Waals surface area contributed by atoms with Gasteiger partial charge in [-0.15, -0.1) is 0 Å². The van der Waals surface area contributed by atoms with Crippen molar-refractivity contribution in [2.24, 2.45) is 4.99 Å². The summed E-state index contributed by atoms with van der Waals surface area (Å²) >= 11 is 9.89. The Labute approximate surface area is 192 Å². The lowest BCUT2D eigenvalue weighted by molar-refractivity contribution is -0.138. The van der Waals surface area contributed by atoms with Crippen LogP contribution in [0, 0.1) is 0 Å². The van der Waals surface area contributed by atoms with E-state index in [1.807, 2.05) is 24.3 Å². The highest BCUT2D eigenvalue weighted by Gasteiger charge is 2.37. The van der Waals surface area contributed by atoms with Gasteiger partial charge in [-0.25, -0.2) is 9.59 Å². The molecule has 2 aromatic rings. The maximum atomic E-state index is 12.3. The highest BCUT2D eigenvalue weighted by atomic mass is 79.9. The SMILES string of the molecule is O=C(O)C1N=C(c2ccccc2Br)CC1c1ccc(OC(=O)N2CCOCC2)c(Cl)c1. The molecule has 162 valence electrons. The van der Waals surface area contributed by atoms with Crippen LogP contribution in [0.1, 0.15) is 23.5 Å². The first kappa shape index (κ1) is 21.8. The molecule has 1 amide bonds. The number of carbonyl (C=O) groups excluding carboxylic acids is 1. The normalized spacial score (nSPS) is 21.0. The topological polar surface area (TPSA) is 88.4 Å². The van der Waals surface area contributed by atoms with Crippen LogP contribution >= 0.6 is 27.5 Å². The molecule has 7 nitrogen and oxygen atoms in total. The van der Waals surface area contributed by atoms with Gasteiger partial charge in [0.1, 0.15) is 0 Å². The molecule has 0 aliphatic carbocycles. The van der Waals surface area contributed by atoms with E-state index in [4.69, 9.17) is 21.1 Å². The van der Waals surface area contributed by atoms with Gasteiger partial charge in [0.05, 0.1) is 18.2 Å². The quantitative estimate of drug-likeness (QED) is 0.664.